The van der Waals surface area contributed by atoms with Crippen LogP contribution in [-0.2, 0) is 9.53 Å². The number of benzene rings is 2. The Hall–Kier alpha value is -2.77. The second-order valence-electron chi connectivity index (χ2n) is 5.76. The van der Waals surface area contributed by atoms with Crippen LogP contribution in [0.25, 0.3) is 6.08 Å². The average Bonchev–Trinajstić information content (AvgIpc) is 2.95. The van der Waals surface area contributed by atoms with Gasteiger partial charge in [-0.2, -0.15) is 0 Å². The lowest BCUT2D eigenvalue weighted by Crippen LogP contribution is -2.33. The molecule has 0 radical (unpaired) electrons. The lowest BCUT2D eigenvalue weighted by atomic mass is 10.2. The maximum atomic E-state index is 12.6. The number of hydrogen-bond donors (Lipinski definition) is 1. The Morgan fingerprint density at radius 1 is 1.18 bits per heavy atom. The zero-order valence-electron chi connectivity index (χ0n) is 15.0. The van der Waals surface area contributed by atoms with Crippen LogP contribution in [0.5, 0.6) is 0 Å². The first-order chi connectivity index (χ1) is 13.5. The van der Waals surface area contributed by atoms with Gasteiger partial charge in [0.15, 0.2) is 0 Å². The van der Waals surface area contributed by atoms with E-state index in [0.717, 1.165) is 22.2 Å². The van der Waals surface area contributed by atoms with E-state index in [2.05, 4.69) is 5.32 Å². The highest BCUT2D eigenvalue weighted by molar-refractivity contribution is 8.18. The minimum Gasteiger partial charge on any atom is -0.462 e. The second kappa shape index (κ2) is 8.95. The number of esters is 1. The number of carbonyl (C=O) groups is 3. The van der Waals surface area contributed by atoms with Gasteiger partial charge in [0.2, 0.25) is 0 Å². The van der Waals surface area contributed by atoms with E-state index >= 15 is 0 Å². The largest absolute Gasteiger partial charge is 0.462 e. The molecular formula is C20H17ClN2O4S. The first-order valence-corrected chi connectivity index (χ1v) is 9.70. The molecule has 0 unspecified atom stereocenters. The van der Waals surface area contributed by atoms with E-state index in [1.54, 1.807) is 61.5 Å². The van der Waals surface area contributed by atoms with Gasteiger partial charge >= 0.3 is 5.97 Å². The molecular weight excluding hydrogens is 400 g/mol. The summed E-state index contributed by atoms with van der Waals surface area (Å²) in [6.45, 7) is 1.92. The van der Waals surface area contributed by atoms with E-state index in [1.165, 1.54) is 0 Å². The molecule has 28 heavy (non-hydrogen) atoms. The molecule has 0 aliphatic carbocycles. The van der Waals surface area contributed by atoms with Crippen molar-refractivity contribution in [1.29, 1.82) is 0 Å². The minimum atomic E-state index is -0.470. The number of hydrogen-bond acceptors (Lipinski definition) is 6. The Morgan fingerprint density at radius 3 is 2.61 bits per heavy atom. The predicted molar refractivity (Wildman–Crippen MR) is 110 cm³/mol. The van der Waals surface area contributed by atoms with E-state index in [0.29, 0.717) is 21.2 Å². The van der Waals surface area contributed by atoms with Gasteiger partial charge in [0.25, 0.3) is 11.1 Å². The molecule has 0 aromatic heterocycles. The van der Waals surface area contributed by atoms with Crippen molar-refractivity contribution in [2.24, 2.45) is 0 Å². The highest BCUT2D eigenvalue weighted by Gasteiger charge is 2.35. The number of imide groups is 1. The van der Waals surface area contributed by atoms with Crippen LogP contribution in [0.3, 0.4) is 0 Å². The molecule has 144 valence electrons. The Morgan fingerprint density at radius 2 is 1.89 bits per heavy atom. The lowest BCUT2D eigenvalue weighted by molar-refractivity contribution is -0.122. The topological polar surface area (TPSA) is 75.7 Å². The molecule has 1 N–H and O–H groups in total. The van der Waals surface area contributed by atoms with Crippen LogP contribution < -0.4 is 5.32 Å². The summed E-state index contributed by atoms with van der Waals surface area (Å²) in [5, 5.41) is 3.18. The molecule has 1 aliphatic heterocycles. The molecule has 2 amide bonds. The molecule has 0 saturated carbocycles. The van der Waals surface area contributed by atoms with Crippen LogP contribution in [0.4, 0.5) is 10.5 Å². The molecule has 0 bridgehead atoms. The number of amides is 2. The smallest absolute Gasteiger partial charge is 0.340 e. The summed E-state index contributed by atoms with van der Waals surface area (Å²) >= 11 is 6.73. The van der Waals surface area contributed by atoms with Crippen molar-refractivity contribution in [2.75, 3.05) is 18.6 Å². The summed E-state index contributed by atoms with van der Waals surface area (Å²) in [6.07, 6.45) is 1.65. The molecule has 3 rings (SSSR count). The van der Waals surface area contributed by atoms with E-state index in [-0.39, 0.29) is 18.5 Å². The van der Waals surface area contributed by atoms with Crippen LogP contribution >= 0.6 is 23.4 Å². The van der Waals surface area contributed by atoms with Crippen molar-refractivity contribution < 1.29 is 19.1 Å². The number of carbonyl (C=O) groups excluding carboxylic acids is 3. The second-order valence-corrected chi connectivity index (χ2v) is 7.19. The molecule has 1 fully saturated rings. The van der Waals surface area contributed by atoms with Crippen molar-refractivity contribution in [2.45, 2.75) is 6.92 Å². The Balaban J connectivity index is 1.72. The van der Waals surface area contributed by atoms with E-state index in [1.807, 2.05) is 0 Å². The van der Waals surface area contributed by atoms with Crippen LogP contribution in [0.2, 0.25) is 5.02 Å². The molecule has 1 saturated heterocycles. The number of rotatable bonds is 6. The van der Waals surface area contributed by atoms with Gasteiger partial charge in [0, 0.05) is 5.02 Å². The fourth-order valence-corrected chi connectivity index (χ4v) is 3.50. The van der Waals surface area contributed by atoms with Gasteiger partial charge in [-0.15, -0.1) is 0 Å². The van der Waals surface area contributed by atoms with Crippen LogP contribution in [0.1, 0.15) is 22.8 Å². The van der Waals surface area contributed by atoms with Gasteiger partial charge in [0.05, 0.1) is 29.4 Å². The number of nitrogens with zero attached hydrogens (tertiary/aromatic N) is 1. The van der Waals surface area contributed by atoms with Gasteiger partial charge in [0.1, 0.15) is 0 Å². The van der Waals surface area contributed by atoms with Crippen molar-refractivity contribution in [3.8, 4) is 0 Å². The average molecular weight is 417 g/mol. The van der Waals surface area contributed by atoms with Crippen LogP contribution in [0, 0.1) is 0 Å². The highest BCUT2D eigenvalue weighted by Crippen LogP contribution is 2.32. The number of para-hydroxylation sites is 1. The number of anilines is 1. The maximum Gasteiger partial charge on any atom is 0.340 e. The Kier molecular flexibility index (Phi) is 6.38. The van der Waals surface area contributed by atoms with E-state index in [4.69, 9.17) is 16.3 Å². The zero-order chi connectivity index (χ0) is 20.1. The number of nitrogens with one attached hydrogen (secondary N) is 1. The summed E-state index contributed by atoms with van der Waals surface area (Å²) in [6, 6.07) is 13.7. The summed E-state index contributed by atoms with van der Waals surface area (Å²) in [5.41, 5.74) is 1.60. The number of thioether (sulfide) groups is 1. The molecule has 1 aliphatic rings. The Labute approximate surface area is 171 Å². The molecule has 2 aromatic carbocycles. The Bertz CT molecular complexity index is 943. The van der Waals surface area contributed by atoms with Gasteiger partial charge in [-0.05, 0) is 54.6 Å². The molecule has 1 heterocycles. The summed E-state index contributed by atoms with van der Waals surface area (Å²) in [7, 11) is 0. The fraction of sp³-hybridized carbons (Fsp3) is 0.150. The molecule has 8 heteroatoms. The van der Waals surface area contributed by atoms with Gasteiger partial charge in [-0.3, -0.25) is 14.5 Å². The molecule has 2 aromatic rings. The third-order valence-corrected chi connectivity index (χ3v) is 5.05. The summed E-state index contributed by atoms with van der Waals surface area (Å²) in [4.78, 5) is 38.3. The number of ether oxygens (including phenoxy) is 1. The normalized spacial score (nSPS) is 15.2. The minimum absolute atomic E-state index is 0.0565. The maximum absolute atomic E-state index is 12.6. The van der Waals surface area contributed by atoms with Crippen LogP contribution in [0.15, 0.2) is 53.4 Å². The standard InChI is InChI=1S/C20H17ClN2O4S/c1-2-27-19(25)15-5-3-4-6-16(15)22-12-23-18(24)17(28-20(23)26)11-13-7-9-14(21)10-8-13/h3-11,22H,2,12H2,1H3. The van der Waals surface area contributed by atoms with Gasteiger partial charge < -0.3 is 10.1 Å². The third kappa shape index (κ3) is 4.55. The van der Waals surface area contributed by atoms with Crippen molar-refractivity contribution in [1.82, 2.24) is 4.90 Å². The summed E-state index contributed by atoms with van der Waals surface area (Å²) in [5.74, 6) is -0.867. The quantitative estimate of drug-likeness (QED) is 0.547. The summed E-state index contributed by atoms with van der Waals surface area (Å²) < 4.78 is 5.03. The predicted octanol–water partition coefficient (Wildman–Crippen LogP) is 4.62. The third-order valence-electron chi connectivity index (χ3n) is 3.89. The van der Waals surface area contributed by atoms with Crippen molar-refractivity contribution >= 4 is 52.2 Å². The van der Waals surface area contributed by atoms with E-state index in [9.17, 15) is 14.4 Å². The first-order valence-electron chi connectivity index (χ1n) is 8.50. The van der Waals surface area contributed by atoms with Crippen LogP contribution in [-0.4, -0.2) is 35.3 Å². The van der Waals surface area contributed by atoms with Crippen molar-refractivity contribution in [3.05, 3.63) is 69.6 Å². The fourth-order valence-electron chi connectivity index (χ4n) is 2.54. The number of halogens is 1. The van der Waals surface area contributed by atoms with Crippen molar-refractivity contribution in [3.63, 3.8) is 0 Å². The highest BCUT2D eigenvalue weighted by atomic mass is 35.5. The first kappa shape index (κ1) is 20.0. The SMILES string of the molecule is CCOC(=O)c1ccccc1NCN1C(=O)SC(=Cc2ccc(Cl)cc2)C1=O. The molecule has 6 nitrogen and oxygen atoms in total. The molecule has 0 spiro atoms. The zero-order valence-corrected chi connectivity index (χ0v) is 16.5. The monoisotopic (exact) mass is 416 g/mol. The van der Waals surface area contributed by atoms with Gasteiger partial charge in [-0.25, -0.2) is 4.79 Å². The van der Waals surface area contributed by atoms with E-state index < -0.39 is 11.9 Å². The lowest BCUT2D eigenvalue weighted by Gasteiger charge is -2.16. The molecule has 0 atom stereocenters. The van der Waals surface area contributed by atoms with Gasteiger partial charge in [-0.1, -0.05) is 35.9 Å².